The normalized spacial score (nSPS) is 11.9. The molecule has 0 aromatic rings. The van der Waals surface area contributed by atoms with E-state index in [1.165, 1.54) is 270 Å². The van der Waals surface area contributed by atoms with Crippen LogP contribution in [0.2, 0.25) is 0 Å². The summed E-state index contributed by atoms with van der Waals surface area (Å²) in [5, 5.41) is 0. The maximum absolute atomic E-state index is 12.8. The number of ether oxygens (including phenoxy) is 3. The molecule has 6 heteroatoms. The molecule has 1 atom stereocenters. The zero-order valence-corrected chi connectivity index (χ0v) is 47.1. The van der Waals surface area contributed by atoms with E-state index in [0.717, 1.165) is 57.8 Å². The summed E-state index contributed by atoms with van der Waals surface area (Å²) < 4.78 is 16.8. The molecule has 0 amide bonds. The first-order valence-corrected chi connectivity index (χ1v) is 31.5. The molecule has 410 valence electrons. The van der Waals surface area contributed by atoms with Gasteiger partial charge in [0, 0.05) is 19.3 Å². The Kier molecular flexibility index (Phi) is 57.6. The molecule has 0 aromatic heterocycles. The van der Waals surface area contributed by atoms with Gasteiger partial charge in [-0.2, -0.15) is 0 Å². The van der Waals surface area contributed by atoms with Crippen molar-refractivity contribution < 1.29 is 28.6 Å². The van der Waals surface area contributed by atoms with E-state index in [2.05, 4.69) is 20.8 Å². The second-order valence-electron chi connectivity index (χ2n) is 21.7. The first-order valence-electron chi connectivity index (χ1n) is 31.5. The fourth-order valence-electron chi connectivity index (χ4n) is 9.86. The predicted molar refractivity (Wildman–Crippen MR) is 298 cm³/mol. The van der Waals surface area contributed by atoms with E-state index in [0.29, 0.717) is 19.3 Å². The molecule has 0 bridgehead atoms. The van der Waals surface area contributed by atoms with Gasteiger partial charge in [0.1, 0.15) is 13.2 Å². The van der Waals surface area contributed by atoms with Crippen LogP contribution < -0.4 is 0 Å². The zero-order valence-electron chi connectivity index (χ0n) is 47.1. The number of hydrogen-bond donors (Lipinski definition) is 0. The van der Waals surface area contributed by atoms with Gasteiger partial charge in [-0.15, -0.1) is 0 Å². The van der Waals surface area contributed by atoms with Crippen molar-refractivity contribution in [2.75, 3.05) is 13.2 Å². The van der Waals surface area contributed by atoms with Crippen LogP contribution in [0.5, 0.6) is 0 Å². The summed E-state index contributed by atoms with van der Waals surface area (Å²) >= 11 is 0. The van der Waals surface area contributed by atoms with Gasteiger partial charge in [-0.3, -0.25) is 14.4 Å². The van der Waals surface area contributed by atoms with Crippen LogP contribution in [0.25, 0.3) is 0 Å². The molecule has 0 saturated heterocycles. The molecule has 0 rings (SSSR count). The highest BCUT2D eigenvalue weighted by Gasteiger charge is 2.19. The predicted octanol–water partition coefficient (Wildman–Crippen LogP) is 21.1. The largest absolute Gasteiger partial charge is 0.462 e. The quantitative estimate of drug-likeness (QED) is 0.0343. The standard InChI is InChI=1S/C63H122O6/c1-4-7-10-13-16-18-20-22-24-26-27-28-29-30-31-32-33-34-35-37-38-40-42-44-47-50-53-56-62(65)68-59-60(58-67-61(64)55-52-49-46-15-12-9-6-3)69-63(66)57-54-51-48-45-43-41-39-36-25-23-21-19-17-14-11-8-5-2/h60H,4-59H2,1-3H3. The smallest absolute Gasteiger partial charge is 0.306 e. The fourth-order valence-corrected chi connectivity index (χ4v) is 9.86. The Morgan fingerprint density at radius 1 is 0.232 bits per heavy atom. The van der Waals surface area contributed by atoms with Gasteiger partial charge < -0.3 is 14.2 Å². The van der Waals surface area contributed by atoms with Gasteiger partial charge in [0.2, 0.25) is 0 Å². The first kappa shape index (κ1) is 67.4. The van der Waals surface area contributed by atoms with Gasteiger partial charge in [0.15, 0.2) is 6.10 Å². The Bertz CT molecular complexity index is 1030. The molecule has 69 heavy (non-hydrogen) atoms. The van der Waals surface area contributed by atoms with Crippen molar-refractivity contribution in [2.45, 2.75) is 374 Å². The highest BCUT2D eigenvalue weighted by Crippen LogP contribution is 2.18. The lowest BCUT2D eigenvalue weighted by Crippen LogP contribution is -2.30. The average Bonchev–Trinajstić information content (AvgIpc) is 3.35. The molecule has 0 aromatic carbocycles. The summed E-state index contributed by atoms with van der Waals surface area (Å²) in [7, 11) is 0. The lowest BCUT2D eigenvalue weighted by molar-refractivity contribution is -0.167. The van der Waals surface area contributed by atoms with Crippen molar-refractivity contribution >= 4 is 17.9 Å². The number of carbonyl (C=O) groups is 3. The molecule has 0 spiro atoms. The maximum atomic E-state index is 12.8. The zero-order chi connectivity index (χ0) is 50.0. The monoisotopic (exact) mass is 975 g/mol. The van der Waals surface area contributed by atoms with Gasteiger partial charge in [0.25, 0.3) is 0 Å². The Hall–Kier alpha value is -1.59. The number of carbonyl (C=O) groups excluding carboxylic acids is 3. The van der Waals surface area contributed by atoms with Crippen LogP contribution in [-0.4, -0.2) is 37.2 Å². The lowest BCUT2D eigenvalue weighted by atomic mass is 10.0. The van der Waals surface area contributed by atoms with Crippen molar-refractivity contribution in [2.24, 2.45) is 0 Å². The summed E-state index contributed by atoms with van der Waals surface area (Å²) in [6.45, 7) is 6.67. The summed E-state index contributed by atoms with van der Waals surface area (Å²) in [6, 6.07) is 0. The highest BCUT2D eigenvalue weighted by atomic mass is 16.6. The van der Waals surface area contributed by atoms with Crippen LogP contribution in [0.15, 0.2) is 0 Å². The molecule has 0 aliphatic rings. The van der Waals surface area contributed by atoms with Crippen molar-refractivity contribution in [3.05, 3.63) is 0 Å². The fraction of sp³-hybridized carbons (Fsp3) is 0.952. The van der Waals surface area contributed by atoms with Gasteiger partial charge >= 0.3 is 17.9 Å². The van der Waals surface area contributed by atoms with E-state index in [4.69, 9.17) is 14.2 Å². The van der Waals surface area contributed by atoms with Gasteiger partial charge in [-0.1, -0.05) is 329 Å². The molecule has 1 unspecified atom stereocenters. The number of rotatable bonds is 59. The Morgan fingerprint density at radius 3 is 0.580 bits per heavy atom. The summed E-state index contributed by atoms with van der Waals surface area (Å²) in [4.78, 5) is 38.0. The van der Waals surface area contributed by atoms with Gasteiger partial charge in [-0.25, -0.2) is 0 Å². The van der Waals surface area contributed by atoms with E-state index < -0.39 is 6.10 Å². The maximum Gasteiger partial charge on any atom is 0.306 e. The molecule has 0 aliphatic carbocycles. The van der Waals surface area contributed by atoms with Crippen LogP contribution in [0.4, 0.5) is 0 Å². The Labute approximate surface area is 431 Å². The number of unbranched alkanes of at least 4 members (excludes halogenated alkanes) is 48. The van der Waals surface area contributed by atoms with E-state index in [1.54, 1.807) is 0 Å². The molecule has 0 radical (unpaired) electrons. The van der Waals surface area contributed by atoms with Crippen molar-refractivity contribution in [3.63, 3.8) is 0 Å². The second kappa shape index (κ2) is 59.0. The topological polar surface area (TPSA) is 78.9 Å². The lowest BCUT2D eigenvalue weighted by Gasteiger charge is -2.18. The van der Waals surface area contributed by atoms with E-state index in [1.807, 2.05) is 0 Å². The highest BCUT2D eigenvalue weighted by molar-refractivity contribution is 5.71. The molecule has 0 saturated carbocycles. The third kappa shape index (κ3) is 57.2. The SMILES string of the molecule is CCCCCCCCCCCCCCCCCCCCCCCCCCCCCC(=O)OCC(COC(=O)CCCCCCCCC)OC(=O)CCCCCCCCCCCCCCCCCCC. The third-order valence-corrected chi connectivity index (χ3v) is 14.6. The minimum Gasteiger partial charge on any atom is -0.462 e. The Balaban J connectivity index is 4.01. The number of esters is 3. The molecule has 6 nitrogen and oxygen atoms in total. The molecule has 0 N–H and O–H groups in total. The molecule has 0 fully saturated rings. The third-order valence-electron chi connectivity index (χ3n) is 14.6. The summed E-state index contributed by atoms with van der Waals surface area (Å²) in [5.41, 5.74) is 0. The summed E-state index contributed by atoms with van der Waals surface area (Å²) in [5.74, 6) is -0.839. The molecular weight excluding hydrogens is 853 g/mol. The van der Waals surface area contributed by atoms with Crippen LogP contribution in [-0.2, 0) is 28.6 Å². The summed E-state index contributed by atoms with van der Waals surface area (Å²) in [6.07, 6.45) is 67.2. The van der Waals surface area contributed by atoms with Crippen LogP contribution >= 0.6 is 0 Å². The minimum absolute atomic E-state index is 0.0617. The van der Waals surface area contributed by atoms with Crippen molar-refractivity contribution in [1.29, 1.82) is 0 Å². The van der Waals surface area contributed by atoms with Crippen LogP contribution in [0.3, 0.4) is 0 Å². The van der Waals surface area contributed by atoms with Crippen LogP contribution in [0.1, 0.15) is 367 Å². The van der Waals surface area contributed by atoms with Crippen molar-refractivity contribution in [1.82, 2.24) is 0 Å². The van der Waals surface area contributed by atoms with E-state index >= 15 is 0 Å². The van der Waals surface area contributed by atoms with Crippen molar-refractivity contribution in [3.8, 4) is 0 Å². The van der Waals surface area contributed by atoms with Gasteiger partial charge in [0.05, 0.1) is 0 Å². The Morgan fingerprint density at radius 2 is 0.391 bits per heavy atom. The van der Waals surface area contributed by atoms with Gasteiger partial charge in [-0.05, 0) is 19.3 Å². The first-order chi connectivity index (χ1) is 34.0. The van der Waals surface area contributed by atoms with Crippen LogP contribution in [0, 0.1) is 0 Å². The average molecular weight is 976 g/mol. The molecule has 0 aliphatic heterocycles. The minimum atomic E-state index is -0.760. The molecular formula is C63H122O6. The molecule has 0 heterocycles. The van der Waals surface area contributed by atoms with E-state index in [-0.39, 0.29) is 31.1 Å². The van der Waals surface area contributed by atoms with E-state index in [9.17, 15) is 14.4 Å². The number of hydrogen-bond acceptors (Lipinski definition) is 6. The second-order valence-corrected chi connectivity index (χ2v) is 21.7.